The van der Waals surface area contributed by atoms with Crippen molar-refractivity contribution in [2.45, 2.75) is 33.6 Å². The van der Waals surface area contributed by atoms with Crippen LogP contribution in [0.4, 0.5) is 0 Å². The molecule has 0 unspecified atom stereocenters. The second-order valence-electron chi connectivity index (χ2n) is 3.07. The van der Waals surface area contributed by atoms with Crippen molar-refractivity contribution in [1.29, 1.82) is 0 Å². The van der Waals surface area contributed by atoms with Gasteiger partial charge in [0.05, 0.1) is 0 Å². The van der Waals surface area contributed by atoms with E-state index < -0.39 is 0 Å². The van der Waals surface area contributed by atoms with E-state index in [1.807, 2.05) is 0 Å². The Kier molecular flexibility index (Phi) is 9.34. The number of rotatable bonds is 7. The van der Waals surface area contributed by atoms with Crippen molar-refractivity contribution >= 4 is 24.8 Å². The molecule has 0 fully saturated rings. The maximum absolute atomic E-state index is 10.6. The summed E-state index contributed by atoms with van der Waals surface area (Å²) in [7, 11) is 0.318. The summed E-state index contributed by atoms with van der Waals surface area (Å²) in [4.78, 5) is 10.6. The van der Waals surface area contributed by atoms with Gasteiger partial charge in [-0.25, -0.2) is 0 Å². The lowest BCUT2D eigenvalue weighted by atomic mass is 10.4. The van der Waals surface area contributed by atoms with Crippen LogP contribution in [0.3, 0.4) is 0 Å². The third-order valence-corrected chi connectivity index (χ3v) is 5.71. The molecule has 0 aromatic heterocycles. The van der Waals surface area contributed by atoms with E-state index in [1.165, 1.54) is 43.1 Å². The molecule has 78 valence electrons. The highest BCUT2D eigenvalue weighted by Gasteiger charge is 2.01. The Hall–Kier alpha value is 0.450. The molecule has 0 spiro atoms. The fraction of sp³-hybridized carbons (Fsp3) is 0.900. The van der Waals surface area contributed by atoms with Crippen LogP contribution in [0.5, 0.6) is 0 Å². The number of carbonyl (C=O) groups excluding carboxylic acids is 1. The van der Waals surface area contributed by atoms with E-state index in [9.17, 15) is 4.79 Å². The van der Waals surface area contributed by atoms with Gasteiger partial charge in [0.25, 0.3) is 0 Å². The molecule has 0 rings (SSSR count). The normalized spacial score (nSPS) is 10.8. The van der Waals surface area contributed by atoms with E-state index in [4.69, 9.17) is 0 Å². The van der Waals surface area contributed by atoms with Crippen LogP contribution in [0.2, 0.25) is 0 Å². The first-order valence-corrected chi connectivity index (χ1v) is 7.94. The van der Waals surface area contributed by atoms with Gasteiger partial charge in [-0.05, 0) is 31.3 Å². The summed E-state index contributed by atoms with van der Waals surface area (Å²) in [5.41, 5.74) is 0. The predicted octanol–water partition coefficient (Wildman–Crippen LogP) is 3.57. The maximum atomic E-state index is 10.6. The second-order valence-corrected chi connectivity index (χ2v) is 7.40. The fourth-order valence-corrected chi connectivity index (χ4v) is 3.58. The molecule has 0 aliphatic carbocycles. The van der Waals surface area contributed by atoms with Crippen molar-refractivity contribution < 1.29 is 4.79 Å². The van der Waals surface area contributed by atoms with E-state index in [0.29, 0.717) is 7.92 Å². The molecule has 0 saturated heterocycles. The topological polar surface area (TPSA) is 17.1 Å². The molecule has 0 aromatic carbocycles. The Morgan fingerprint density at radius 3 is 2.31 bits per heavy atom. The van der Waals surface area contributed by atoms with E-state index in [-0.39, 0.29) is 5.12 Å². The molecule has 1 nitrogen and oxygen atoms in total. The van der Waals surface area contributed by atoms with E-state index >= 15 is 0 Å². The van der Waals surface area contributed by atoms with Crippen molar-refractivity contribution in [3.63, 3.8) is 0 Å². The van der Waals surface area contributed by atoms with E-state index in [2.05, 4.69) is 13.8 Å². The lowest BCUT2D eigenvalue weighted by Crippen LogP contribution is -1.92. The molecule has 13 heavy (non-hydrogen) atoms. The van der Waals surface area contributed by atoms with Crippen molar-refractivity contribution in [2.24, 2.45) is 0 Å². The van der Waals surface area contributed by atoms with Crippen molar-refractivity contribution in [3.05, 3.63) is 0 Å². The van der Waals surface area contributed by atoms with Gasteiger partial charge in [0.2, 0.25) is 0 Å². The van der Waals surface area contributed by atoms with E-state index in [0.717, 1.165) is 5.75 Å². The first kappa shape index (κ1) is 13.4. The van der Waals surface area contributed by atoms with Gasteiger partial charge >= 0.3 is 0 Å². The van der Waals surface area contributed by atoms with Gasteiger partial charge in [0.15, 0.2) is 5.12 Å². The highest BCUT2D eigenvalue weighted by atomic mass is 32.2. The van der Waals surface area contributed by atoms with Gasteiger partial charge in [-0.1, -0.05) is 25.6 Å². The number of thioether (sulfide) groups is 1. The van der Waals surface area contributed by atoms with Gasteiger partial charge in [-0.15, -0.1) is 7.92 Å². The highest BCUT2D eigenvalue weighted by Crippen LogP contribution is 2.35. The lowest BCUT2D eigenvalue weighted by molar-refractivity contribution is -0.109. The highest BCUT2D eigenvalue weighted by molar-refractivity contribution is 8.13. The molecule has 0 aliphatic rings. The quantitative estimate of drug-likeness (QED) is 0.482. The first-order chi connectivity index (χ1) is 6.20. The van der Waals surface area contributed by atoms with Gasteiger partial charge < -0.3 is 0 Å². The molecule has 0 radical (unpaired) electrons. The maximum Gasteiger partial charge on any atom is 0.185 e. The molecule has 0 atom stereocenters. The summed E-state index contributed by atoms with van der Waals surface area (Å²) in [6.07, 6.45) is 6.66. The van der Waals surface area contributed by atoms with Crippen LogP contribution in [-0.4, -0.2) is 29.4 Å². The third-order valence-electron chi connectivity index (χ3n) is 2.07. The summed E-state index contributed by atoms with van der Waals surface area (Å²) in [6.45, 7) is 6.23. The fourth-order valence-electron chi connectivity index (χ4n) is 1.19. The first-order valence-electron chi connectivity index (χ1n) is 5.06. The Labute approximate surface area is 87.8 Å². The number of carbonyl (C=O) groups is 1. The minimum absolute atomic E-state index is 0.258. The molecule has 0 amide bonds. The number of hydrogen-bond acceptors (Lipinski definition) is 2. The van der Waals surface area contributed by atoms with Crippen molar-refractivity contribution in [1.82, 2.24) is 0 Å². The summed E-state index contributed by atoms with van der Waals surface area (Å²) in [5.74, 6) is 1.02. The van der Waals surface area contributed by atoms with Crippen LogP contribution in [0.1, 0.15) is 33.6 Å². The average Bonchev–Trinajstić information content (AvgIpc) is 2.11. The zero-order valence-corrected chi connectivity index (χ0v) is 10.7. The molecule has 0 bridgehead atoms. The zero-order chi connectivity index (χ0) is 10.1. The summed E-state index contributed by atoms with van der Waals surface area (Å²) in [6, 6.07) is 0. The van der Waals surface area contributed by atoms with Crippen molar-refractivity contribution in [3.8, 4) is 0 Å². The second kappa shape index (κ2) is 9.02. The largest absolute Gasteiger partial charge is 0.288 e. The Morgan fingerprint density at radius 2 is 1.85 bits per heavy atom. The smallest absolute Gasteiger partial charge is 0.185 e. The van der Waals surface area contributed by atoms with Crippen molar-refractivity contribution in [2.75, 3.05) is 24.2 Å². The van der Waals surface area contributed by atoms with Gasteiger partial charge in [0, 0.05) is 12.7 Å². The third kappa shape index (κ3) is 8.77. The summed E-state index contributed by atoms with van der Waals surface area (Å²) < 4.78 is 0. The molecular formula is C10H21OPS. The Balaban J connectivity index is 3.19. The molecule has 3 heteroatoms. The van der Waals surface area contributed by atoms with Crippen LogP contribution in [0.15, 0.2) is 0 Å². The minimum atomic E-state index is 0.258. The summed E-state index contributed by atoms with van der Waals surface area (Å²) >= 11 is 1.47. The predicted molar refractivity (Wildman–Crippen MR) is 65.2 cm³/mol. The minimum Gasteiger partial charge on any atom is -0.288 e. The molecule has 0 saturated carbocycles. The number of unbranched alkanes of at least 4 members (excludes halogenated alkanes) is 1. The van der Waals surface area contributed by atoms with Crippen LogP contribution in [0, 0.1) is 0 Å². The van der Waals surface area contributed by atoms with Gasteiger partial charge in [-0.3, -0.25) is 4.79 Å². The summed E-state index contributed by atoms with van der Waals surface area (Å²) in [5, 5.41) is 0.258. The van der Waals surface area contributed by atoms with Gasteiger partial charge in [0.1, 0.15) is 0 Å². The van der Waals surface area contributed by atoms with Crippen LogP contribution in [-0.2, 0) is 4.79 Å². The Morgan fingerprint density at radius 1 is 1.23 bits per heavy atom. The van der Waals surface area contributed by atoms with Crippen LogP contribution >= 0.6 is 19.7 Å². The van der Waals surface area contributed by atoms with E-state index in [1.54, 1.807) is 6.92 Å². The Bertz CT molecular complexity index is 135. The lowest BCUT2D eigenvalue weighted by Gasteiger charge is -2.11. The molecule has 0 heterocycles. The van der Waals surface area contributed by atoms with Gasteiger partial charge in [-0.2, -0.15) is 0 Å². The molecular weight excluding hydrogens is 199 g/mol. The average molecular weight is 220 g/mol. The SMILES string of the molecule is CCP(CC)CCCCSC(C)=O. The number of hydrogen-bond donors (Lipinski definition) is 0. The standard InChI is InChI=1S/C10H21OPS/c1-4-12(5-2)8-6-7-9-13-10(3)11/h4-9H2,1-3H3. The molecule has 0 N–H and O–H groups in total. The monoisotopic (exact) mass is 220 g/mol. The zero-order valence-electron chi connectivity index (χ0n) is 9.01. The van der Waals surface area contributed by atoms with Crippen LogP contribution in [0.25, 0.3) is 0 Å². The molecule has 0 aliphatic heterocycles. The molecule has 0 aromatic rings. The van der Waals surface area contributed by atoms with Crippen LogP contribution < -0.4 is 0 Å².